The molecule has 0 spiro atoms. The molecule has 128 valence electrons. The fourth-order valence-corrected chi connectivity index (χ4v) is 2.70. The summed E-state index contributed by atoms with van der Waals surface area (Å²) in [6.07, 6.45) is 2.23. The van der Waals surface area contributed by atoms with Gasteiger partial charge in [0.2, 0.25) is 0 Å². The van der Waals surface area contributed by atoms with Crippen molar-refractivity contribution in [2.75, 3.05) is 39.2 Å². The summed E-state index contributed by atoms with van der Waals surface area (Å²) in [4.78, 5) is 14.3. The normalized spacial score (nSPS) is 17.0. The van der Waals surface area contributed by atoms with Gasteiger partial charge in [0.25, 0.3) is 0 Å². The van der Waals surface area contributed by atoms with Gasteiger partial charge < -0.3 is 24.4 Å². The number of ether oxygens (including phenoxy) is 3. The minimum atomic E-state index is -0.127. The molecule has 0 unspecified atom stereocenters. The van der Waals surface area contributed by atoms with E-state index in [-0.39, 0.29) is 12.1 Å². The highest BCUT2D eigenvalue weighted by Gasteiger charge is 2.22. The molecule has 0 bridgehead atoms. The van der Waals surface area contributed by atoms with Crippen LogP contribution in [-0.2, 0) is 4.74 Å². The van der Waals surface area contributed by atoms with E-state index in [0.29, 0.717) is 24.6 Å². The van der Waals surface area contributed by atoms with Gasteiger partial charge in [-0.1, -0.05) is 0 Å². The average Bonchev–Trinajstić information content (AvgIpc) is 3.06. The molecule has 1 aliphatic rings. The lowest BCUT2D eigenvalue weighted by Gasteiger charge is -2.25. The number of urea groups is 1. The van der Waals surface area contributed by atoms with Gasteiger partial charge in [-0.25, -0.2) is 4.79 Å². The molecule has 6 heteroatoms. The molecule has 0 saturated carbocycles. The molecule has 0 aliphatic carbocycles. The minimum Gasteiger partial charge on any atom is -0.493 e. The Kier molecular flexibility index (Phi) is 6.10. The molecule has 2 amide bonds. The van der Waals surface area contributed by atoms with Crippen LogP contribution in [0, 0.1) is 6.92 Å². The summed E-state index contributed by atoms with van der Waals surface area (Å²) in [6.45, 7) is 5.94. The number of carbonyl (C=O) groups excluding carboxylic acids is 1. The molecule has 1 saturated heterocycles. The summed E-state index contributed by atoms with van der Waals surface area (Å²) in [5.41, 5.74) is 1.64. The lowest BCUT2D eigenvalue weighted by Crippen LogP contribution is -2.40. The highest BCUT2D eigenvalue weighted by molar-refractivity contribution is 5.90. The zero-order valence-electron chi connectivity index (χ0n) is 14.3. The summed E-state index contributed by atoms with van der Waals surface area (Å²) >= 11 is 0. The zero-order chi connectivity index (χ0) is 16.8. The number of methoxy groups -OCH3 is 2. The van der Waals surface area contributed by atoms with Crippen molar-refractivity contribution in [2.24, 2.45) is 0 Å². The maximum atomic E-state index is 12.5. The van der Waals surface area contributed by atoms with Crippen molar-refractivity contribution < 1.29 is 19.0 Å². The van der Waals surface area contributed by atoms with E-state index in [1.54, 1.807) is 25.2 Å². The Morgan fingerprint density at radius 2 is 2.04 bits per heavy atom. The fourth-order valence-electron chi connectivity index (χ4n) is 2.70. The molecular weight excluding hydrogens is 296 g/mol. The van der Waals surface area contributed by atoms with E-state index < -0.39 is 0 Å². The van der Waals surface area contributed by atoms with Gasteiger partial charge in [-0.05, 0) is 38.3 Å². The number of rotatable bonds is 6. The van der Waals surface area contributed by atoms with Crippen molar-refractivity contribution >= 4 is 11.7 Å². The monoisotopic (exact) mass is 322 g/mol. The first-order chi connectivity index (χ1) is 11.1. The molecule has 6 nitrogen and oxygen atoms in total. The molecule has 0 radical (unpaired) electrons. The van der Waals surface area contributed by atoms with E-state index in [2.05, 4.69) is 5.32 Å². The maximum Gasteiger partial charge on any atom is 0.321 e. The van der Waals surface area contributed by atoms with Gasteiger partial charge in [-0.3, -0.25) is 0 Å². The van der Waals surface area contributed by atoms with Crippen LogP contribution < -0.4 is 14.8 Å². The summed E-state index contributed by atoms with van der Waals surface area (Å²) < 4.78 is 16.2. The third-order valence-electron chi connectivity index (χ3n) is 4.09. The van der Waals surface area contributed by atoms with Gasteiger partial charge in [-0.15, -0.1) is 0 Å². The van der Waals surface area contributed by atoms with Crippen molar-refractivity contribution in [2.45, 2.75) is 32.8 Å². The first-order valence-corrected chi connectivity index (χ1v) is 7.99. The minimum absolute atomic E-state index is 0.127. The molecule has 1 heterocycles. The van der Waals surface area contributed by atoms with Gasteiger partial charge in [0.05, 0.1) is 20.3 Å². The number of hydrogen-bond acceptors (Lipinski definition) is 4. The van der Waals surface area contributed by atoms with E-state index >= 15 is 0 Å². The van der Waals surface area contributed by atoms with Crippen LogP contribution in [-0.4, -0.2) is 51.0 Å². The van der Waals surface area contributed by atoms with Crippen LogP contribution >= 0.6 is 0 Å². The van der Waals surface area contributed by atoms with Crippen LogP contribution in [0.5, 0.6) is 11.5 Å². The lowest BCUT2D eigenvalue weighted by atomic mass is 10.1. The maximum absolute atomic E-state index is 12.5. The third-order valence-corrected chi connectivity index (χ3v) is 4.09. The zero-order valence-corrected chi connectivity index (χ0v) is 14.3. The highest BCUT2D eigenvalue weighted by atomic mass is 16.5. The van der Waals surface area contributed by atoms with Crippen molar-refractivity contribution in [3.8, 4) is 11.5 Å². The van der Waals surface area contributed by atoms with Crippen LogP contribution in [0.25, 0.3) is 0 Å². The van der Waals surface area contributed by atoms with Gasteiger partial charge in [-0.2, -0.15) is 0 Å². The predicted molar refractivity (Wildman–Crippen MR) is 89.5 cm³/mol. The van der Waals surface area contributed by atoms with Crippen molar-refractivity contribution in [1.29, 1.82) is 0 Å². The number of nitrogens with zero attached hydrogens (tertiary/aromatic N) is 1. The van der Waals surface area contributed by atoms with Crippen molar-refractivity contribution in [1.82, 2.24) is 4.90 Å². The first-order valence-electron chi connectivity index (χ1n) is 7.99. The molecule has 1 aromatic rings. The summed E-state index contributed by atoms with van der Waals surface area (Å²) in [7, 11) is 3.17. The Morgan fingerprint density at radius 3 is 2.61 bits per heavy atom. The van der Waals surface area contributed by atoms with E-state index in [4.69, 9.17) is 14.2 Å². The Bertz CT molecular complexity index is 542. The smallest absolute Gasteiger partial charge is 0.321 e. The first kappa shape index (κ1) is 17.4. The number of likely N-dealkylation sites (N-methyl/N-ethyl adjacent to an activating group) is 1. The molecule has 1 aliphatic heterocycles. The SMILES string of the molecule is CCN(C[C@@H]1CCCO1)C(=O)Nc1cc(OC)c(OC)cc1C. The predicted octanol–water partition coefficient (Wildman–Crippen LogP) is 3.05. The Hall–Kier alpha value is -1.95. The van der Waals surface area contributed by atoms with Gasteiger partial charge in [0.15, 0.2) is 11.5 Å². The van der Waals surface area contributed by atoms with Crippen LogP contribution in [0.3, 0.4) is 0 Å². The molecule has 1 N–H and O–H groups in total. The topological polar surface area (TPSA) is 60.0 Å². The Morgan fingerprint density at radius 1 is 1.35 bits per heavy atom. The molecular formula is C17H26N2O4. The highest BCUT2D eigenvalue weighted by Crippen LogP contribution is 2.33. The quantitative estimate of drug-likeness (QED) is 0.874. The molecule has 23 heavy (non-hydrogen) atoms. The van der Waals surface area contributed by atoms with Crippen LogP contribution in [0.2, 0.25) is 0 Å². The molecule has 2 rings (SSSR count). The van der Waals surface area contributed by atoms with Crippen molar-refractivity contribution in [3.63, 3.8) is 0 Å². The van der Waals surface area contributed by atoms with E-state index in [9.17, 15) is 4.79 Å². The van der Waals surface area contributed by atoms with Crippen molar-refractivity contribution in [3.05, 3.63) is 17.7 Å². The summed E-state index contributed by atoms with van der Waals surface area (Å²) in [5.74, 6) is 1.24. The van der Waals surface area contributed by atoms with Crippen LogP contribution in [0.1, 0.15) is 25.3 Å². The largest absolute Gasteiger partial charge is 0.493 e. The standard InChI is InChI=1S/C17H26N2O4/c1-5-19(11-13-7-6-8-23-13)17(20)18-14-10-16(22-4)15(21-3)9-12(14)2/h9-10,13H,5-8,11H2,1-4H3,(H,18,20)/t13-/m0/s1. The van der Waals surface area contributed by atoms with Crippen LogP contribution in [0.4, 0.5) is 10.5 Å². The average molecular weight is 322 g/mol. The third kappa shape index (κ3) is 4.28. The molecule has 1 atom stereocenters. The Labute approximate surface area is 137 Å². The number of anilines is 1. The van der Waals surface area contributed by atoms with Crippen LogP contribution in [0.15, 0.2) is 12.1 Å². The van der Waals surface area contributed by atoms with E-state index in [1.807, 2.05) is 19.9 Å². The number of carbonyl (C=O) groups is 1. The van der Waals surface area contributed by atoms with Gasteiger partial charge in [0.1, 0.15) is 0 Å². The Balaban J connectivity index is 2.08. The van der Waals surface area contributed by atoms with Gasteiger partial charge >= 0.3 is 6.03 Å². The van der Waals surface area contributed by atoms with Gasteiger partial charge in [0, 0.05) is 31.5 Å². The number of aryl methyl sites for hydroxylation is 1. The lowest BCUT2D eigenvalue weighted by molar-refractivity contribution is 0.0849. The summed E-state index contributed by atoms with van der Waals surface area (Å²) in [6, 6.07) is 3.51. The number of nitrogens with one attached hydrogen (secondary N) is 1. The fraction of sp³-hybridized carbons (Fsp3) is 0.588. The molecule has 1 fully saturated rings. The number of hydrogen-bond donors (Lipinski definition) is 1. The van der Waals surface area contributed by atoms with E-state index in [0.717, 1.165) is 30.7 Å². The molecule has 0 aromatic heterocycles. The number of amides is 2. The molecule has 1 aromatic carbocycles. The number of benzene rings is 1. The second-order valence-electron chi connectivity index (χ2n) is 5.63. The van der Waals surface area contributed by atoms with E-state index in [1.165, 1.54) is 0 Å². The summed E-state index contributed by atoms with van der Waals surface area (Å²) in [5, 5.41) is 2.96. The second-order valence-corrected chi connectivity index (χ2v) is 5.63. The second kappa shape index (κ2) is 8.06.